The van der Waals surface area contributed by atoms with Crippen LogP contribution in [0.5, 0.6) is 5.75 Å². The zero-order valence-corrected chi connectivity index (χ0v) is 17.3. The predicted molar refractivity (Wildman–Crippen MR) is 113 cm³/mol. The van der Waals surface area contributed by atoms with E-state index in [-0.39, 0.29) is 6.42 Å². The maximum absolute atomic E-state index is 10.6. The normalized spacial score (nSPS) is 12.2. The number of benzene rings is 1. The lowest BCUT2D eigenvalue weighted by atomic mass is 9.88. The second-order valence-corrected chi connectivity index (χ2v) is 7.90. The molecule has 2 N–H and O–H groups in total. The van der Waals surface area contributed by atoms with E-state index in [4.69, 9.17) is 5.11 Å². The van der Waals surface area contributed by atoms with Crippen LogP contribution in [0.2, 0.25) is 0 Å². The number of aromatic hydroxyl groups is 1. The summed E-state index contributed by atoms with van der Waals surface area (Å²) in [4.78, 5) is 10.6. The van der Waals surface area contributed by atoms with Crippen LogP contribution >= 0.6 is 0 Å². The Labute approximate surface area is 166 Å². The van der Waals surface area contributed by atoms with Gasteiger partial charge in [-0.1, -0.05) is 89.7 Å². The maximum Gasteiger partial charge on any atom is 0.303 e. The predicted octanol–water partition coefficient (Wildman–Crippen LogP) is 7.43. The highest BCUT2D eigenvalue weighted by atomic mass is 16.4. The number of carboxylic acid groups (broad SMARTS) is 1. The average molecular weight is 377 g/mol. The standard InChI is InChI=1S/C24H40O3/c1-2-3-4-5-6-7-8-11-15-21(22-17-14-18-23(25)20-22)16-12-9-10-13-19-24(26)27/h14,17-18,20-21,25H,2-13,15-16,19H2,1H3,(H,26,27). The minimum atomic E-state index is -0.692. The molecule has 0 amide bonds. The third-order valence-corrected chi connectivity index (χ3v) is 5.44. The number of phenolic OH excluding ortho intramolecular Hbond substituents is 1. The number of phenols is 1. The summed E-state index contributed by atoms with van der Waals surface area (Å²) in [5.74, 6) is 0.175. The molecule has 0 fully saturated rings. The van der Waals surface area contributed by atoms with Crippen LogP contribution in [0.15, 0.2) is 24.3 Å². The zero-order chi connectivity index (χ0) is 19.7. The van der Waals surface area contributed by atoms with E-state index in [2.05, 4.69) is 13.0 Å². The molecular formula is C24H40O3. The van der Waals surface area contributed by atoms with Crippen LogP contribution < -0.4 is 0 Å². The van der Waals surface area contributed by atoms with Gasteiger partial charge in [-0.25, -0.2) is 0 Å². The number of aliphatic carboxylic acids is 1. The Hall–Kier alpha value is -1.51. The number of carbonyl (C=O) groups is 1. The van der Waals surface area contributed by atoms with E-state index in [9.17, 15) is 9.90 Å². The monoisotopic (exact) mass is 376 g/mol. The molecule has 0 saturated carbocycles. The molecule has 0 aliphatic heterocycles. The van der Waals surface area contributed by atoms with Crippen molar-refractivity contribution in [1.82, 2.24) is 0 Å². The van der Waals surface area contributed by atoms with Gasteiger partial charge in [0.25, 0.3) is 0 Å². The Morgan fingerprint density at radius 1 is 0.852 bits per heavy atom. The summed E-state index contributed by atoms with van der Waals surface area (Å²) in [5, 5.41) is 18.5. The second-order valence-electron chi connectivity index (χ2n) is 7.90. The van der Waals surface area contributed by atoms with E-state index in [1.54, 1.807) is 6.07 Å². The van der Waals surface area contributed by atoms with E-state index in [1.807, 2.05) is 12.1 Å². The van der Waals surface area contributed by atoms with Gasteiger partial charge < -0.3 is 10.2 Å². The van der Waals surface area contributed by atoms with E-state index in [0.29, 0.717) is 11.7 Å². The van der Waals surface area contributed by atoms with E-state index in [0.717, 1.165) is 32.1 Å². The fourth-order valence-corrected chi connectivity index (χ4v) is 3.80. The van der Waals surface area contributed by atoms with Gasteiger partial charge in [-0.2, -0.15) is 0 Å². The fourth-order valence-electron chi connectivity index (χ4n) is 3.80. The summed E-state index contributed by atoms with van der Waals surface area (Å²) >= 11 is 0. The molecule has 0 spiro atoms. The van der Waals surface area contributed by atoms with Gasteiger partial charge in [0.2, 0.25) is 0 Å². The van der Waals surface area contributed by atoms with Gasteiger partial charge in [0.05, 0.1) is 0 Å². The minimum absolute atomic E-state index is 0.286. The highest BCUT2D eigenvalue weighted by molar-refractivity contribution is 5.66. The van der Waals surface area contributed by atoms with Gasteiger partial charge in [-0.3, -0.25) is 4.79 Å². The van der Waals surface area contributed by atoms with Crippen molar-refractivity contribution in [2.45, 2.75) is 109 Å². The molecule has 1 rings (SSSR count). The lowest BCUT2D eigenvalue weighted by Crippen LogP contribution is -2.00. The number of carboxylic acids is 1. The lowest BCUT2D eigenvalue weighted by molar-refractivity contribution is -0.137. The van der Waals surface area contributed by atoms with Gasteiger partial charge in [-0.15, -0.1) is 0 Å². The van der Waals surface area contributed by atoms with E-state index < -0.39 is 5.97 Å². The molecule has 1 unspecified atom stereocenters. The third kappa shape index (κ3) is 12.5. The van der Waals surface area contributed by atoms with Crippen molar-refractivity contribution in [1.29, 1.82) is 0 Å². The number of unbranched alkanes of at least 4 members (excludes halogenated alkanes) is 10. The first-order valence-electron chi connectivity index (χ1n) is 11.1. The molecule has 0 radical (unpaired) electrons. The van der Waals surface area contributed by atoms with Crippen LogP contribution in [0.4, 0.5) is 0 Å². The van der Waals surface area contributed by atoms with Crippen LogP contribution in [0.25, 0.3) is 0 Å². The summed E-state index contributed by atoms with van der Waals surface area (Å²) in [6, 6.07) is 7.74. The Kier molecular flexibility index (Phi) is 13.5. The first kappa shape index (κ1) is 23.5. The Morgan fingerprint density at radius 2 is 1.41 bits per heavy atom. The largest absolute Gasteiger partial charge is 0.508 e. The topological polar surface area (TPSA) is 57.5 Å². The Bertz CT molecular complexity index is 498. The van der Waals surface area contributed by atoms with Crippen LogP contribution in [-0.4, -0.2) is 16.2 Å². The highest BCUT2D eigenvalue weighted by Crippen LogP contribution is 2.30. The second kappa shape index (κ2) is 15.5. The van der Waals surface area contributed by atoms with Crippen molar-refractivity contribution >= 4 is 5.97 Å². The molecule has 3 nitrogen and oxygen atoms in total. The summed E-state index contributed by atoms with van der Waals surface area (Å²) < 4.78 is 0. The van der Waals surface area contributed by atoms with Crippen molar-refractivity contribution in [3.8, 4) is 5.75 Å². The SMILES string of the molecule is CCCCCCCCCCC(CCCCCCC(=O)O)c1cccc(O)c1. The van der Waals surface area contributed by atoms with Gasteiger partial charge in [-0.05, 0) is 42.9 Å². The molecule has 27 heavy (non-hydrogen) atoms. The first-order chi connectivity index (χ1) is 13.1. The Balaban J connectivity index is 2.30. The quantitative estimate of drug-likeness (QED) is 0.278. The number of hydrogen-bond acceptors (Lipinski definition) is 2. The summed E-state index contributed by atoms with van der Waals surface area (Å²) in [5.41, 5.74) is 1.25. The van der Waals surface area contributed by atoms with Crippen molar-refractivity contribution in [3.05, 3.63) is 29.8 Å². The first-order valence-corrected chi connectivity index (χ1v) is 11.1. The molecule has 154 valence electrons. The number of hydrogen-bond donors (Lipinski definition) is 2. The molecule has 0 aliphatic carbocycles. The Morgan fingerprint density at radius 3 is 1.96 bits per heavy atom. The third-order valence-electron chi connectivity index (χ3n) is 5.44. The zero-order valence-electron chi connectivity index (χ0n) is 17.3. The van der Waals surface area contributed by atoms with Crippen molar-refractivity contribution in [2.24, 2.45) is 0 Å². The maximum atomic E-state index is 10.6. The highest BCUT2D eigenvalue weighted by Gasteiger charge is 2.12. The summed E-state index contributed by atoms with van der Waals surface area (Å²) in [6.45, 7) is 2.26. The van der Waals surface area contributed by atoms with E-state index >= 15 is 0 Å². The van der Waals surface area contributed by atoms with Crippen molar-refractivity contribution in [3.63, 3.8) is 0 Å². The lowest BCUT2D eigenvalue weighted by Gasteiger charge is -2.18. The molecule has 0 aliphatic rings. The van der Waals surface area contributed by atoms with Gasteiger partial charge in [0, 0.05) is 6.42 Å². The molecule has 0 heterocycles. The van der Waals surface area contributed by atoms with E-state index in [1.165, 1.54) is 63.4 Å². The van der Waals surface area contributed by atoms with Gasteiger partial charge >= 0.3 is 5.97 Å². The van der Waals surface area contributed by atoms with Crippen LogP contribution in [0, 0.1) is 0 Å². The van der Waals surface area contributed by atoms with Crippen LogP contribution in [0.3, 0.4) is 0 Å². The molecule has 1 aromatic carbocycles. The average Bonchev–Trinajstić information content (AvgIpc) is 2.64. The molecule has 3 heteroatoms. The van der Waals surface area contributed by atoms with Gasteiger partial charge in [0.15, 0.2) is 0 Å². The number of rotatable bonds is 17. The van der Waals surface area contributed by atoms with Crippen molar-refractivity contribution < 1.29 is 15.0 Å². The van der Waals surface area contributed by atoms with Crippen LogP contribution in [0.1, 0.15) is 115 Å². The molecule has 1 atom stereocenters. The molecule has 0 saturated heterocycles. The summed E-state index contributed by atoms with van der Waals surface area (Å²) in [6.07, 6.45) is 17.3. The smallest absolute Gasteiger partial charge is 0.303 e. The molecule has 1 aromatic rings. The van der Waals surface area contributed by atoms with Crippen LogP contribution in [-0.2, 0) is 4.79 Å². The minimum Gasteiger partial charge on any atom is -0.508 e. The molecular weight excluding hydrogens is 336 g/mol. The molecule has 0 aromatic heterocycles. The van der Waals surface area contributed by atoms with Gasteiger partial charge in [0.1, 0.15) is 5.75 Å². The fraction of sp³-hybridized carbons (Fsp3) is 0.708. The van der Waals surface area contributed by atoms with Crippen molar-refractivity contribution in [2.75, 3.05) is 0 Å². The molecule has 0 bridgehead atoms. The summed E-state index contributed by atoms with van der Waals surface area (Å²) in [7, 11) is 0.